The van der Waals surface area contributed by atoms with Crippen molar-refractivity contribution in [1.29, 1.82) is 0 Å². The van der Waals surface area contributed by atoms with Crippen LogP contribution in [0.25, 0.3) is 0 Å². The summed E-state index contributed by atoms with van der Waals surface area (Å²) in [5.74, 6) is 0. The predicted octanol–water partition coefficient (Wildman–Crippen LogP) is 7.69. The molecule has 5 aromatic carbocycles. The molecule has 0 saturated carbocycles. The fraction of sp³-hybridized carbons (Fsp3) is 0.167. The Morgan fingerprint density at radius 1 is 0.500 bits per heavy atom. The van der Waals surface area contributed by atoms with Crippen molar-refractivity contribution in [2.45, 2.75) is 24.7 Å². The summed E-state index contributed by atoms with van der Waals surface area (Å²) in [5, 5.41) is 0. The Morgan fingerprint density at radius 2 is 0.868 bits per heavy atom. The summed E-state index contributed by atoms with van der Waals surface area (Å²) in [4.78, 5) is 5.36. The highest BCUT2D eigenvalue weighted by atomic mass is 15.4. The Hall–Kier alpha value is -3.98. The summed E-state index contributed by atoms with van der Waals surface area (Å²) in [7, 11) is 0. The summed E-state index contributed by atoms with van der Waals surface area (Å²) in [5.41, 5.74) is 6.69. The zero-order valence-electron chi connectivity index (χ0n) is 21.7. The fourth-order valence-corrected chi connectivity index (χ4v) is 5.97. The zero-order chi connectivity index (χ0) is 25.6. The van der Waals surface area contributed by atoms with Gasteiger partial charge in [0.25, 0.3) is 0 Å². The van der Waals surface area contributed by atoms with E-state index in [1.54, 1.807) is 0 Å². The summed E-state index contributed by atoms with van der Waals surface area (Å²) in [6.07, 6.45) is 0. The van der Waals surface area contributed by atoms with E-state index in [4.69, 9.17) is 0 Å². The number of nitrogens with zero attached hydrogens (tertiary/aromatic N) is 2. The topological polar surface area (TPSA) is 6.48 Å². The average molecular weight is 495 g/mol. The van der Waals surface area contributed by atoms with Crippen LogP contribution in [0.3, 0.4) is 0 Å². The van der Waals surface area contributed by atoms with Gasteiger partial charge in [-0.05, 0) is 27.8 Å². The zero-order valence-corrected chi connectivity index (χ0v) is 21.7. The van der Waals surface area contributed by atoms with Crippen LogP contribution < -0.4 is 0 Å². The molecule has 0 spiro atoms. The molecule has 1 aliphatic rings. The van der Waals surface area contributed by atoms with Crippen molar-refractivity contribution in [3.05, 3.63) is 179 Å². The van der Waals surface area contributed by atoms with Crippen LogP contribution >= 0.6 is 0 Å². The van der Waals surface area contributed by atoms with Crippen LogP contribution in [0.2, 0.25) is 0 Å². The Balaban J connectivity index is 1.40. The highest BCUT2D eigenvalue weighted by Crippen LogP contribution is 2.45. The number of likely N-dealkylation sites (tertiary alicyclic amines) is 1. The molecule has 38 heavy (non-hydrogen) atoms. The van der Waals surface area contributed by atoms with E-state index in [0.717, 1.165) is 26.2 Å². The minimum atomic E-state index is -0.0885. The molecule has 1 fully saturated rings. The highest BCUT2D eigenvalue weighted by molar-refractivity contribution is 5.37. The summed E-state index contributed by atoms with van der Waals surface area (Å²) < 4.78 is 0. The molecule has 5 aromatic rings. The van der Waals surface area contributed by atoms with E-state index in [1.165, 1.54) is 27.8 Å². The van der Waals surface area contributed by atoms with Crippen LogP contribution in [0.15, 0.2) is 152 Å². The van der Waals surface area contributed by atoms with Crippen molar-refractivity contribution in [2.24, 2.45) is 0 Å². The average Bonchev–Trinajstić information content (AvgIpc) is 2.97. The first-order valence-corrected chi connectivity index (χ1v) is 13.5. The van der Waals surface area contributed by atoms with Gasteiger partial charge in [0.05, 0.1) is 11.6 Å². The third-order valence-corrected chi connectivity index (χ3v) is 7.87. The van der Waals surface area contributed by atoms with Crippen LogP contribution in [-0.2, 0) is 18.6 Å². The van der Waals surface area contributed by atoms with Gasteiger partial charge in [0.15, 0.2) is 0 Å². The second-order valence-electron chi connectivity index (χ2n) is 10.4. The van der Waals surface area contributed by atoms with Gasteiger partial charge >= 0.3 is 0 Å². The number of rotatable bonds is 9. The highest BCUT2D eigenvalue weighted by Gasteiger charge is 2.51. The second kappa shape index (κ2) is 11.2. The molecule has 6 rings (SSSR count). The van der Waals surface area contributed by atoms with Gasteiger partial charge < -0.3 is 0 Å². The molecular weight excluding hydrogens is 460 g/mol. The molecule has 2 nitrogen and oxygen atoms in total. The molecule has 188 valence electrons. The van der Waals surface area contributed by atoms with E-state index in [-0.39, 0.29) is 11.6 Å². The van der Waals surface area contributed by atoms with E-state index >= 15 is 0 Å². The lowest BCUT2D eigenvalue weighted by molar-refractivity contribution is -0.0842. The minimum absolute atomic E-state index is 0.0885. The van der Waals surface area contributed by atoms with E-state index in [2.05, 4.69) is 161 Å². The smallest absolute Gasteiger partial charge is 0.0723 e. The van der Waals surface area contributed by atoms with Crippen LogP contribution in [0.4, 0.5) is 0 Å². The van der Waals surface area contributed by atoms with Crippen molar-refractivity contribution in [1.82, 2.24) is 9.80 Å². The Morgan fingerprint density at radius 3 is 1.29 bits per heavy atom. The first-order valence-electron chi connectivity index (χ1n) is 13.5. The third kappa shape index (κ3) is 5.06. The molecule has 1 saturated heterocycles. The summed E-state index contributed by atoms with van der Waals surface area (Å²) in [6, 6.07) is 55.1. The van der Waals surface area contributed by atoms with Crippen LogP contribution in [0, 0.1) is 0 Å². The van der Waals surface area contributed by atoms with Gasteiger partial charge in [-0.3, -0.25) is 9.80 Å². The van der Waals surface area contributed by atoms with Gasteiger partial charge in [-0.1, -0.05) is 152 Å². The van der Waals surface area contributed by atoms with Crippen LogP contribution in [0.5, 0.6) is 0 Å². The molecule has 0 bridgehead atoms. The third-order valence-electron chi connectivity index (χ3n) is 7.87. The Labute approximate surface area is 226 Å². The first kappa shape index (κ1) is 24.4. The van der Waals surface area contributed by atoms with Gasteiger partial charge in [0, 0.05) is 26.2 Å². The van der Waals surface area contributed by atoms with Crippen LogP contribution in [0.1, 0.15) is 33.9 Å². The summed E-state index contributed by atoms with van der Waals surface area (Å²) in [6.45, 7) is 3.73. The number of hydrogen-bond donors (Lipinski definition) is 0. The van der Waals surface area contributed by atoms with Gasteiger partial charge in [-0.15, -0.1) is 0 Å². The monoisotopic (exact) mass is 494 g/mol. The minimum Gasteiger partial charge on any atom is -0.288 e. The van der Waals surface area contributed by atoms with Gasteiger partial charge in [0.2, 0.25) is 0 Å². The SMILES string of the molecule is c1ccc(CN(Cc2ccccc2)C2(c3ccccc3)CN(C(c3ccccc3)c3ccccc3)C2)cc1. The van der Waals surface area contributed by atoms with E-state index in [0.29, 0.717) is 0 Å². The van der Waals surface area contributed by atoms with Crippen molar-refractivity contribution < 1.29 is 0 Å². The maximum absolute atomic E-state index is 2.70. The largest absolute Gasteiger partial charge is 0.288 e. The van der Waals surface area contributed by atoms with E-state index in [1.807, 2.05) is 0 Å². The quantitative estimate of drug-likeness (QED) is 0.207. The van der Waals surface area contributed by atoms with Crippen molar-refractivity contribution in [3.63, 3.8) is 0 Å². The Kier molecular flexibility index (Phi) is 7.17. The normalized spacial score (nSPS) is 14.9. The molecule has 0 aliphatic carbocycles. The van der Waals surface area contributed by atoms with E-state index < -0.39 is 0 Å². The van der Waals surface area contributed by atoms with Gasteiger partial charge in [-0.2, -0.15) is 0 Å². The standard InChI is InChI=1S/C36H34N2/c1-6-16-30(17-7-1)26-38(27-31-18-8-2-9-19-31)36(34-24-14-5-15-25-34)28-37(29-36)35(32-20-10-3-11-21-32)33-22-12-4-13-23-33/h1-25,35H,26-29H2. The lowest BCUT2D eigenvalue weighted by Gasteiger charge is -2.59. The molecule has 0 aromatic heterocycles. The molecule has 1 aliphatic heterocycles. The first-order chi connectivity index (χ1) is 18.8. The number of hydrogen-bond acceptors (Lipinski definition) is 2. The molecule has 1 heterocycles. The molecular formula is C36H34N2. The second-order valence-corrected chi connectivity index (χ2v) is 10.4. The molecule has 0 unspecified atom stereocenters. The maximum Gasteiger partial charge on any atom is 0.0723 e. The van der Waals surface area contributed by atoms with Gasteiger partial charge in [0.1, 0.15) is 0 Å². The molecule has 2 heteroatoms. The number of benzene rings is 5. The lowest BCUT2D eigenvalue weighted by Crippen LogP contribution is -2.67. The molecule has 0 N–H and O–H groups in total. The Bertz CT molecular complexity index is 1320. The van der Waals surface area contributed by atoms with Crippen LogP contribution in [-0.4, -0.2) is 22.9 Å². The fourth-order valence-electron chi connectivity index (χ4n) is 5.97. The van der Waals surface area contributed by atoms with E-state index in [9.17, 15) is 0 Å². The summed E-state index contributed by atoms with van der Waals surface area (Å²) >= 11 is 0. The van der Waals surface area contributed by atoms with Crippen molar-refractivity contribution in [2.75, 3.05) is 13.1 Å². The lowest BCUT2D eigenvalue weighted by atomic mass is 9.77. The molecule has 0 atom stereocenters. The molecule has 0 amide bonds. The van der Waals surface area contributed by atoms with Crippen molar-refractivity contribution >= 4 is 0 Å². The maximum atomic E-state index is 2.70. The van der Waals surface area contributed by atoms with Gasteiger partial charge in [-0.25, -0.2) is 0 Å². The molecule has 0 radical (unpaired) electrons. The van der Waals surface area contributed by atoms with Crippen molar-refractivity contribution in [3.8, 4) is 0 Å². The predicted molar refractivity (Wildman–Crippen MR) is 157 cm³/mol.